The lowest BCUT2D eigenvalue weighted by molar-refractivity contribution is -0.122. The summed E-state index contributed by atoms with van der Waals surface area (Å²) in [5, 5.41) is 10.9. The lowest BCUT2D eigenvalue weighted by atomic mass is 9.68. The number of rotatable bonds is 3. The lowest BCUT2D eigenvalue weighted by Crippen LogP contribution is -2.45. The normalized spacial score (nSPS) is 31.9. The molecule has 2 N–H and O–H groups in total. The molecule has 2 aliphatic carbocycles. The number of hydrogen-bond donors (Lipinski definition) is 2. The monoisotopic (exact) mass is 380 g/mol. The van der Waals surface area contributed by atoms with Gasteiger partial charge in [-0.15, -0.1) is 0 Å². The SMILES string of the molecule is Cc1ccc2c(c1)C1(CCC(N[C@@H]3CC[C@H](c4nc(C)no4)C3)CC1)C(=O)N2. The predicted molar refractivity (Wildman–Crippen MR) is 106 cm³/mol. The first kappa shape index (κ1) is 17.9. The van der Waals surface area contributed by atoms with Crippen molar-refractivity contribution in [1.82, 2.24) is 15.5 Å². The van der Waals surface area contributed by atoms with E-state index in [9.17, 15) is 4.79 Å². The summed E-state index contributed by atoms with van der Waals surface area (Å²) >= 11 is 0. The molecule has 1 aliphatic heterocycles. The Morgan fingerprint density at radius 1 is 1.14 bits per heavy atom. The van der Waals surface area contributed by atoms with Crippen LogP contribution < -0.4 is 10.6 Å². The number of carbonyl (C=O) groups excluding carboxylic acids is 1. The maximum absolute atomic E-state index is 12.8. The van der Waals surface area contributed by atoms with Gasteiger partial charge in [-0.1, -0.05) is 22.9 Å². The van der Waals surface area contributed by atoms with E-state index in [1.165, 1.54) is 11.1 Å². The molecule has 2 atom stereocenters. The van der Waals surface area contributed by atoms with E-state index in [1.807, 2.05) is 6.92 Å². The van der Waals surface area contributed by atoms with Gasteiger partial charge in [0.2, 0.25) is 11.8 Å². The maximum atomic E-state index is 12.8. The molecule has 148 valence electrons. The molecule has 2 saturated carbocycles. The van der Waals surface area contributed by atoms with E-state index in [0.717, 1.165) is 56.5 Å². The minimum atomic E-state index is -0.320. The predicted octanol–water partition coefficient (Wildman–Crippen LogP) is 3.74. The highest BCUT2D eigenvalue weighted by Gasteiger charge is 2.48. The molecular formula is C22H28N4O2. The van der Waals surface area contributed by atoms with Crippen LogP contribution in [0.2, 0.25) is 0 Å². The van der Waals surface area contributed by atoms with Crippen molar-refractivity contribution in [1.29, 1.82) is 0 Å². The summed E-state index contributed by atoms with van der Waals surface area (Å²) in [5.41, 5.74) is 3.13. The summed E-state index contributed by atoms with van der Waals surface area (Å²) in [5.74, 6) is 2.08. The summed E-state index contributed by atoms with van der Waals surface area (Å²) in [7, 11) is 0. The Balaban J connectivity index is 1.22. The molecule has 28 heavy (non-hydrogen) atoms. The van der Waals surface area contributed by atoms with Gasteiger partial charge >= 0.3 is 0 Å². The molecule has 0 bridgehead atoms. The van der Waals surface area contributed by atoms with E-state index in [0.29, 0.717) is 23.8 Å². The summed E-state index contributed by atoms with van der Waals surface area (Å²) in [6, 6.07) is 7.32. The number of nitrogens with one attached hydrogen (secondary N) is 2. The second-order valence-corrected chi connectivity index (χ2v) is 8.91. The first-order valence-electron chi connectivity index (χ1n) is 10.5. The van der Waals surface area contributed by atoms with Crippen molar-refractivity contribution < 1.29 is 9.32 Å². The smallest absolute Gasteiger partial charge is 0.235 e. The molecule has 2 aromatic rings. The summed E-state index contributed by atoms with van der Waals surface area (Å²) < 4.78 is 5.37. The minimum Gasteiger partial charge on any atom is -0.339 e. The van der Waals surface area contributed by atoms with E-state index < -0.39 is 0 Å². The van der Waals surface area contributed by atoms with Gasteiger partial charge < -0.3 is 15.2 Å². The fourth-order valence-corrected chi connectivity index (χ4v) is 5.47. The second kappa shape index (κ2) is 6.69. The molecule has 1 aromatic heterocycles. The largest absolute Gasteiger partial charge is 0.339 e. The molecule has 2 heterocycles. The van der Waals surface area contributed by atoms with E-state index in [-0.39, 0.29) is 11.3 Å². The molecule has 5 rings (SSSR count). The van der Waals surface area contributed by atoms with Crippen LogP contribution in [0, 0.1) is 13.8 Å². The maximum Gasteiger partial charge on any atom is 0.235 e. The Kier molecular flexibility index (Phi) is 4.27. The van der Waals surface area contributed by atoms with Crippen molar-refractivity contribution in [2.24, 2.45) is 0 Å². The van der Waals surface area contributed by atoms with Crippen molar-refractivity contribution in [3.8, 4) is 0 Å². The average Bonchev–Trinajstić information content (AvgIpc) is 3.38. The van der Waals surface area contributed by atoms with Gasteiger partial charge in [0, 0.05) is 23.7 Å². The fraction of sp³-hybridized carbons (Fsp3) is 0.591. The van der Waals surface area contributed by atoms with Crippen molar-refractivity contribution in [3.05, 3.63) is 41.0 Å². The van der Waals surface area contributed by atoms with Crippen molar-refractivity contribution in [3.63, 3.8) is 0 Å². The number of aromatic nitrogens is 2. The molecule has 2 fully saturated rings. The molecule has 1 amide bonds. The molecule has 1 spiro atoms. The summed E-state index contributed by atoms with van der Waals surface area (Å²) in [4.78, 5) is 17.2. The molecule has 0 unspecified atom stereocenters. The first-order chi connectivity index (χ1) is 13.5. The van der Waals surface area contributed by atoms with Crippen LogP contribution in [0.25, 0.3) is 0 Å². The first-order valence-corrected chi connectivity index (χ1v) is 10.5. The Labute approximate surface area is 165 Å². The van der Waals surface area contributed by atoms with Gasteiger partial charge in [-0.05, 0) is 70.4 Å². The van der Waals surface area contributed by atoms with Crippen LogP contribution in [0.1, 0.15) is 73.7 Å². The Hall–Kier alpha value is -2.21. The molecule has 0 radical (unpaired) electrons. The molecular weight excluding hydrogens is 352 g/mol. The van der Waals surface area contributed by atoms with Gasteiger partial charge in [-0.2, -0.15) is 4.98 Å². The van der Waals surface area contributed by atoms with E-state index in [4.69, 9.17) is 4.52 Å². The number of amides is 1. The molecule has 1 aromatic carbocycles. The van der Waals surface area contributed by atoms with Gasteiger partial charge in [0.1, 0.15) is 0 Å². The van der Waals surface area contributed by atoms with Crippen molar-refractivity contribution in [2.45, 2.75) is 82.2 Å². The highest BCUT2D eigenvalue weighted by Crippen LogP contribution is 2.48. The van der Waals surface area contributed by atoms with E-state index in [1.54, 1.807) is 0 Å². The third-order valence-corrected chi connectivity index (χ3v) is 7.01. The number of aryl methyl sites for hydroxylation is 2. The van der Waals surface area contributed by atoms with E-state index in [2.05, 4.69) is 45.9 Å². The molecule has 0 saturated heterocycles. The van der Waals surface area contributed by atoms with Gasteiger partial charge in [0.05, 0.1) is 5.41 Å². The summed E-state index contributed by atoms with van der Waals surface area (Å²) in [6.07, 6.45) is 7.24. The summed E-state index contributed by atoms with van der Waals surface area (Å²) in [6.45, 7) is 3.97. The molecule has 3 aliphatic rings. The number of nitrogens with zero attached hydrogens (tertiary/aromatic N) is 2. The number of anilines is 1. The Morgan fingerprint density at radius 2 is 1.96 bits per heavy atom. The quantitative estimate of drug-likeness (QED) is 0.848. The van der Waals surface area contributed by atoms with Crippen LogP contribution in [0.3, 0.4) is 0 Å². The van der Waals surface area contributed by atoms with Crippen LogP contribution in [0.5, 0.6) is 0 Å². The topological polar surface area (TPSA) is 80.1 Å². The second-order valence-electron chi connectivity index (χ2n) is 8.91. The number of hydrogen-bond acceptors (Lipinski definition) is 5. The number of benzene rings is 1. The van der Waals surface area contributed by atoms with Crippen LogP contribution in [-0.2, 0) is 10.2 Å². The van der Waals surface area contributed by atoms with Crippen LogP contribution in [0.15, 0.2) is 22.7 Å². The van der Waals surface area contributed by atoms with Crippen LogP contribution >= 0.6 is 0 Å². The highest BCUT2D eigenvalue weighted by molar-refractivity contribution is 6.06. The highest BCUT2D eigenvalue weighted by atomic mass is 16.5. The van der Waals surface area contributed by atoms with E-state index >= 15 is 0 Å². The molecule has 6 heteroatoms. The van der Waals surface area contributed by atoms with Crippen molar-refractivity contribution >= 4 is 11.6 Å². The number of fused-ring (bicyclic) bond motifs is 2. The molecule has 6 nitrogen and oxygen atoms in total. The van der Waals surface area contributed by atoms with Gasteiger partial charge in [-0.25, -0.2) is 0 Å². The van der Waals surface area contributed by atoms with Crippen LogP contribution in [0.4, 0.5) is 5.69 Å². The van der Waals surface area contributed by atoms with Gasteiger partial charge in [-0.3, -0.25) is 4.79 Å². The zero-order valence-electron chi connectivity index (χ0n) is 16.6. The third kappa shape index (κ3) is 2.94. The minimum absolute atomic E-state index is 0.194. The van der Waals surface area contributed by atoms with Crippen molar-refractivity contribution in [2.75, 3.05) is 5.32 Å². The lowest BCUT2D eigenvalue weighted by Gasteiger charge is -2.37. The third-order valence-electron chi connectivity index (χ3n) is 7.01. The Morgan fingerprint density at radius 3 is 2.71 bits per heavy atom. The van der Waals surface area contributed by atoms with Gasteiger partial charge in [0.15, 0.2) is 5.82 Å². The number of carbonyl (C=O) groups is 1. The Bertz CT molecular complexity index is 898. The standard InChI is InChI=1S/C22H28N4O2/c1-13-3-6-19-18(11-13)22(21(27)25-19)9-7-16(8-10-22)24-17-5-4-15(12-17)20-23-14(2)26-28-20/h3,6,11,15-17,24H,4-5,7-10,12H2,1-2H3,(H,25,27)/t15-,16?,17+,22?/m0/s1. The fourth-order valence-electron chi connectivity index (χ4n) is 5.47. The zero-order valence-corrected chi connectivity index (χ0v) is 16.6. The zero-order chi connectivity index (χ0) is 19.3. The average molecular weight is 380 g/mol. The van der Waals surface area contributed by atoms with Gasteiger partial charge in [0.25, 0.3) is 0 Å². The van der Waals surface area contributed by atoms with Crippen LogP contribution in [-0.4, -0.2) is 28.1 Å².